The van der Waals surface area contributed by atoms with E-state index in [1.165, 1.54) is 6.26 Å². The first-order valence-electron chi connectivity index (χ1n) is 7.05. The fourth-order valence-electron chi connectivity index (χ4n) is 2.43. The molecule has 2 amide bonds. The van der Waals surface area contributed by atoms with Crippen molar-refractivity contribution in [2.45, 2.75) is 18.4 Å². The normalized spacial score (nSPS) is 17.0. The molecule has 1 atom stereocenters. The monoisotopic (exact) mass is 286 g/mol. The van der Waals surface area contributed by atoms with E-state index < -0.39 is 5.60 Å². The van der Waals surface area contributed by atoms with Crippen LogP contribution < -0.4 is 10.6 Å². The van der Waals surface area contributed by atoms with Crippen LogP contribution in [-0.4, -0.2) is 17.7 Å². The maximum Gasteiger partial charge on any atom is 0.319 e. The van der Waals surface area contributed by atoms with Crippen molar-refractivity contribution in [2.75, 3.05) is 11.9 Å². The molecule has 1 aromatic carbocycles. The Morgan fingerprint density at radius 2 is 2.00 bits per heavy atom. The molecular formula is C16H18N2O3. The first-order valence-corrected chi connectivity index (χ1v) is 7.05. The van der Waals surface area contributed by atoms with Gasteiger partial charge in [0.05, 0.1) is 12.8 Å². The van der Waals surface area contributed by atoms with E-state index in [2.05, 4.69) is 10.6 Å². The lowest BCUT2D eigenvalue weighted by molar-refractivity contribution is -0.00414. The predicted octanol–water partition coefficient (Wildman–Crippen LogP) is 2.70. The minimum atomic E-state index is -1.13. The van der Waals surface area contributed by atoms with Gasteiger partial charge in [-0.25, -0.2) is 4.79 Å². The second kappa shape index (κ2) is 5.61. The minimum absolute atomic E-state index is 0.129. The number of hydrogen-bond donors (Lipinski definition) is 3. The van der Waals surface area contributed by atoms with Crippen LogP contribution in [0.5, 0.6) is 0 Å². The van der Waals surface area contributed by atoms with Gasteiger partial charge in [0, 0.05) is 5.69 Å². The van der Waals surface area contributed by atoms with Crippen molar-refractivity contribution >= 4 is 11.7 Å². The van der Waals surface area contributed by atoms with Crippen LogP contribution in [-0.2, 0) is 5.60 Å². The Labute approximate surface area is 123 Å². The number of amides is 2. The van der Waals surface area contributed by atoms with E-state index >= 15 is 0 Å². The van der Waals surface area contributed by atoms with Crippen LogP contribution in [0.4, 0.5) is 10.5 Å². The number of hydrogen-bond acceptors (Lipinski definition) is 3. The van der Waals surface area contributed by atoms with Crippen LogP contribution >= 0.6 is 0 Å². The third kappa shape index (κ3) is 3.08. The molecule has 110 valence electrons. The SMILES string of the molecule is O=C(NC[C@](O)(c1ccco1)C1CC1)Nc1ccccc1. The second-order valence-electron chi connectivity index (χ2n) is 5.35. The van der Waals surface area contributed by atoms with Crippen LogP contribution in [0.15, 0.2) is 53.1 Å². The molecule has 0 spiro atoms. The van der Waals surface area contributed by atoms with Gasteiger partial charge in [-0.1, -0.05) is 18.2 Å². The van der Waals surface area contributed by atoms with Gasteiger partial charge in [0.1, 0.15) is 11.4 Å². The summed E-state index contributed by atoms with van der Waals surface area (Å²) in [5.74, 6) is 0.644. The molecule has 1 saturated carbocycles. The van der Waals surface area contributed by atoms with Crippen LogP contribution in [0.1, 0.15) is 18.6 Å². The van der Waals surface area contributed by atoms with Crippen molar-refractivity contribution in [1.82, 2.24) is 5.32 Å². The maximum absolute atomic E-state index is 11.9. The average molecular weight is 286 g/mol. The van der Waals surface area contributed by atoms with Gasteiger partial charge < -0.3 is 20.2 Å². The number of aliphatic hydroxyl groups is 1. The van der Waals surface area contributed by atoms with Gasteiger partial charge in [0.2, 0.25) is 0 Å². The van der Waals surface area contributed by atoms with E-state index in [4.69, 9.17) is 4.42 Å². The van der Waals surface area contributed by atoms with Crippen molar-refractivity contribution in [3.05, 3.63) is 54.5 Å². The third-order valence-electron chi connectivity index (χ3n) is 3.75. The highest BCUT2D eigenvalue weighted by molar-refractivity contribution is 5.89. The van der Waals surface area contributed by atoms with Gasteiger partial charge in [-0.15, -0.1) is 0 Å². The van der Waals surface area contributed by atoms with E-state index in [9.17, 15) is 9.90 Å². The molecule has 5 heteroatoms. The number of furan rings is 1. The highest BCUT2D eigenvalue weighted by Crippen LogP contribution is 2.45. The van der Waals surface area contributed by atoms with Crippen molar-refractivity contribution in [3.63, 3.8) is 0 Å². The zero-order valence-electron chi connectivity index (χ0n) is 11.6. The lowest BCUT2D eigenvalue weighted by Crippen LogP contribution is -2.43. The average Bonchev–Trinajstić information content (AvgIpc) is 3.21. The molecule has 1 fully saturated rings. The van der Waals surface area contributed by atoms with Crippen LogP contribution in [0.2, 0.25) is 0 Å². The van der Waals surface area contributed by atoms with Crippen molar-refractivity contribution < 1.29 is 14.3 Å². The van der Waals surface area contributed by atoms with Gasteiger partial charge >= 0.3 is 6.03 Å². The van der Waals surface area contributed by atoms with Gasteiger partial charge in [-0.2, -0.15) is 0 Å². The fourth-order valence-corrected chi connectivity index (χ4v) is 2.43. The summed E-state index contributed by atoms with van der Waals surface area (Å²) in [6.07, 6.45) is 3.42. The molecule has 5 nitrogen and oxygen atoms in total. The summed E-state index contributed by atoms with van der Waals surface area (Å²) >= 11 is 0. The summed E-state index contributed by atoms with van der Waals surface area (Å²) in [6.45, 7) is 0.129. The molecule has 1 aliphatic carbocycles. The van der Waals surface area contributed by atoms with E-state index in [0.29, 0.717) is 11.4 Å². The molecule has 3 rings (SSSR count). The number of para-hydroxylation sites is 1. The summed E-state index contributed by atoms with van der Waals surface area (Å²) in [5, 5.41) is 16.2. The van der Waals surface area contributed by atoms with Crippen molar-refractivity contribution in [3.8, 4) is 0 Å². The van der Waals surface area contributed by atoms with E-state index in [1.807, 2.05) is 18.2 Å². The minimum Gasteiger partial charge on any atom is -0.466 e. The molecule has 0 bridgehead atoms. The molecule has 0 saturated heterocycles. The number of anilines is 1. The Bertz CT molecular complexity index is 593. The highest BCUT2D eigenvalue weighted by Gasteiger charge is 2.47. The first-order chi connectivity index (χ1) is 10.2. The first kappa shape index (κ1) is 13.7. The quantitative estimate of drug-likeness (QED) is 0.791. The molecule has 0 radical (unpaired) electrons. The summed E-state index contributed by atoms with van der Waals surface area (Å²) in [6, 6.07) is 12.3. The summed E-state index contributed by atoms with van der Waals surface area (Å²) < 4.78 is 5.33. The van der Waals surface area contributed by atoms with Gasteiger partial charge in [-0.05, 0) is 43.0 Å². The largest absolute Gasteiger partial charge is 0.466 e. The standard InChI is InChI=1S/C16H18N2O3/c19-15(18-13-5-2-1-3-6-13)17-11-16(20,12-8-9-12)14-7-4-10-21-14/h1-7,10,12,20H,8-9,11H2,(H2,17,18,19)/t16-/m1/s1. The fraction of sp³-hybridized carbons (Fsp3) is 0.312. The Balaban J connectivity index is 1.61. The Kier molecular flexibility index (Phi) is 3.66. The Morgan fingerprint density at radius 3 is 2.62 bits per heavy atom. The maximum atomic E-state index is 11.9. The zero-order valence-corrected chi connectivity index (χ0v) is 11.6. The van der Waals surface area contributed by atoms with Crippen LogP contribution in [0, 0.1) is 5.92 Å². The lowest BCUT2D eigenvalue weighted by Gasteiger charge is -2.26. The van der Waals surface area contributed by atoms with E-state index in [-0.39, 0.29) is 18.5 Å². The van der Waals surface area contributed by atoms with Crippen molar-refractivity contribution in [2.24, 2.45) is 5.92 Å². The number of rotatable bonds is 5. The van der Waals surface area contributed by atoms with Crippen LogP contribution in [0.3, 0.4) is 0 Å². The summed E-state index contributed by atoms with van der Waals surface area (Å²) in [5.41, 5.74) is -0.416. The molecular weight excluding hydrogens is 268 g/mol. The molecule has 1 aromatic heterocycles. The van der Waals surface area contributed by atoms with Gasteiger partial charge in [-0.3, -0.25) is 0 Å². The number of nitrogens with one attached hydrogen (secondary N) is 2. The van der Waals surface area contributed by atoms with E-state index in [0.717, 1.165) is 12.8 Å². The van der Waals surface area contributed by atoms with Crippen LogP contribution in [0.25, 0.3) is 0 Å². The topological polar surface area (TPSA) is 74.5 Å². The zero-order chi connectivity index (χ0) is 14.7. The molecule has 3 N–H and O–H groups in total. The smallest absolute Gasteiger partial charge is 0.319 e. The molecule has 2 aromatic rings. The Hall–Kier alpha value is -2.27. The number of carbonyl (C=O) groups excluding carboxylic acids is 1. The van der Waals surface area contributed by atoms with E-state index in [1.54, 1.807) is 24.3 Å². The molecule has 0 aliphatic heterocycles. The lowest BCUT2D eigenvalue weighted by atomic mass is 9.94. The second-order valence-corrected chi connectivity index (χ2v) is 5.35. The van der Waals surface area contributed by atoms with Gasteiger partial charge in [0.15, 0.2) is 0 Å². The molecule has 1 aliphatic rings. The summed E-state index contributed by atoms with van der Waals surface area (Å²) in [7, 11) is 0. The molecule has 1 heterocycles. The summed E-state index contributed by atoms with van der Waals surface area (Å²) in [4.78, 5) is 11.9. The molecule has 0 unspecified atom stereocenters. The van der Waals surface area contributed by atoms with Crippen molar-refractivity contribution in [1.29, 1.82) is 0 Å². The number of benzene rings is 1. The third-order valence-corrected chi connectivity index (χ3v) is 3.75. The number of urea groups is 1. The predicted molar refractivity (Wildman–Crippen MR) is 78.8 cm³/mol. The Morgan fingerprint density at radius 1 is 1.24 bits per heavy atom. The molecule has 21 heavy (non-hydrogen) atoms. The van der Waals surface area contributed by atoms with Gasteiger partial charge in [0.25, 0.3) is 0 Å². The number of carbonyl (C=O) groups is 1. The highest BCUT2D eigenvalue weighted by atomic mass is 16.4.